The lowest BCUT2D eigenvalue weighted by Gasteiger charge is -2.30. The second kappa shape index (κ2) is 10.1. The molecule has 0 saturated carbocycles. The molecule has 1 saturated heterocycles. The van der Waals surface area contributed by atoms with Crippen molar-refractivity contribution in [3.8, 4) is 0 Å². The van der Waals surface area contributed by atoms with E-state index < -0.39 is 16.7 Å². The maximum Gasteiger partial charge on any atom is 0.282 e. The summed E-state index contributed by atoms with van der Waals surface area (Å²) < 4.78 is 0. The van der Waals surface area contributed by atoms with Crippen LogP contribution in [0.2, 0.25) is 0 Å². The molecule has 9 heteroatoms. The van der Waals surface area contributed by atoms with Crippen LogP contribution < -0.4 is 5.32 Å². The molecule has 178 valence electrons. The van der Waals surface area contributed by atoms with Gasteiger partial charge < -0.3 is 5.32 Å². The Morgan fingerprint density at radius 3 is 2.47 bits per heavy atom. The molecule has 34 heavy (non-hydrogen) atoms. The van der Waals surface area contributed by atoms with E-state index in [1.165, 1.54) is 36.6 Å². The third-order valence-electron chi connectivity index (χ3n) is 6.48. The maximum atomic E-state index is 12.6. The third kappa shape index (κ3) is 5.14. The summed E-state index contributed by atoms with van der Waals surface area (Å²) in [6, 6.07) is 11.8. The van der Waals surface area contributed by atoms with Crippen molar-refractivity contribution in [2.45, 2.75) is 39.2 Å². The van der Waals surface area contributed by atoms with E-state index in [4.69, 9.17) is 0 Å². The number of piperidine rings is 1. The monoisotopic (exact) mass is 464 g/mol. The first-order valence-corrected chi connectivity index (χ1v) is 11.6. The van der Waals surface area contributed by atoms with Crippen molar-refractivity contribution in [2.75, 3.05) is 25.0 Å². The topological polar surface area (TPSA) is 113 Å². The van der Waals surface area contributed by atoms with Gasteiger partial charge >= 0.3 is 0 Å². The number of hydrogen-bond acceptors (Lipinski definition) is 6. The summed E-state index contributed by atoms with van der Waals surface area (Å²) in [5.41, 5.74) is 1.36. The van der Waals surface area contributed by atoms with Crippen molar-refractivity contribution in [1.82, 2.24) is 9.80 Å². The van der Waals surface area contributed by atoms with Gasteiger partial charge in [0.25, 0.3) is 17.5 Å². The van der Waals surface area contributed by atoms with Crippen LogP contribution in [0, 0.1) is 16.0 Å². The number of likely N-dealkylation sites (tertiary alicyclic amines) is 1. The smallest absolute Gasteiger partial charge is 0.282 e. The summed E-state index contributed by atoms with van der Waals surface area (Å²) in [5.74, 6) is -0.681. The molecule has 0 bridgehead atoms. The number of carbonyl (C=O) groups is 3. The molecular weight excluding hydrogens is 436 g/mol. The average Bonchev–Trinajstić information content (AvgIpc) is 3.06. The summed E-state index contributed by atoms with van der Waals surface area (Å²) in [6.45, 7) is 5.44. The Morgan fingerprint density at radius 2 is 1.79 bits per heavy atom. The van der Waals surface area contributed by atoms with Gasteiger partial charge in [-0.3, -0.25) is 34.3 Å². The lowest BCUT2D eigenvalue weighted by atomic mass is 9.99. The Bertz CT molecular complexity index is 1110. The van der Waals surface area contributed by atoms with E-state index in [-0.39, 0.29) is 42.1 Å². The van der Waals surface area contributed by atoms with E-state index in [0.29, 0.717) is 5.69 Å². The minimum atomic E-state index is -0.688. The van der Waals surface area contributed by atoms with Gasteiger partial charge in [0, 0.05) is 31.3 Å². The minimum Gasteiger partial charge on any atom is -0.326 e. The molecule has 3 amide bonds. The van der Waals surface area contributed by atoms with Gasteiger partial charge in [-0.15, -0.1) is 0 Å². The van der Waals surface area contributed by atoms with E-state index in [2.05, 4.69) is 17.1 Å². The lowest BCUT2D eigenvalue weighted by Crippen LogP contribution is -2.32. The van der Waals surface area contributed by atoms with Crippen LogP contribution in [0.25, 0.3) is 0 Å². The predicted octanol–water partition coefficient (Wildman–Crippen LogP) is 3.84. The molecule has 2 aromatic rings. The first-order valence-electron chi connectivity index (χ1n) is 11.6. The first kappa shape index (κ1) is 23.6. The fraction of sp³-hybridized carbons (Fsp3) is 0.400. The molecule has 2 heterocycles. The van der Waals surface area contributed by atoms with Crippen LogP contribution in [-0.4, -0.2) is 52.1 Å². The second-order valence-electron chi connectivity index (χ2n) is 9.03. The van der Waals surface area contributed by atoms with Crippen molar-refractivity contribution < 1.29 is 19.3 Å². The normalized spacial score (nSPS) is 16.6. The van der Waals surface area contributed by atoms with Gasteiger partial charge in [0.2, 0.25) is 5.91 Å². The molecule has 0 atom stereocenters. The van der Waals surface area contributed by atoms with Crippen LogP contribution in [0.15, 0.2) is 42.5 Å². The predicted molar refractivity (Wildman–Crippen MR) is 126 cm³/mol. The number of amides is 3. The number of nitro benzene ring substituents is 1. The summed E-state index contributed by atoms with van der Waals surface area (Å²) >= 11 is 0. The quantitative estimate of drug-likeness (QED) is 0.361. The van der Waals surface area contributed by atoms with Crippen LogP contribution in [0.4, 0.5) is 11.4 Å². The van der Waals surface area contributed by atoms with Crippen molar-refractivity contribution in [1.29, 1.82) is 0 Å². The van der Waals surface area contributed by atoms with E-state index in [1.54, 1.807) is 0 Å². The number of rotatable bonds is 8. The van der Waals surface area contributed by atoms with Crippen LogP contribution in [0.5, 0.6) is 0 Å². The fourth-order valence-electron chi connectivity index (χ4n) is 4.46. The largest absolute Gasteiger partial charge is 0.326 e. The SMILES string of the molecule is CC1CCN(Cc2ccc(NC(=O)CCCN3C(=O)c4cccc([N+](=O)[O-])c4C3=O)cc2)CC1. The number of nitrogens with zero attached hydrogens (tertiary/aromatic N) is 3. The number of anilines is 1. The van der Waals surface area contributed by atoms with E-state index >= 15 is 0 Å². The standard InChI is InChI=1S/C25H28N4O5/c1-17-11-14-27(15-12-17)16-18-7-9-19(10-8-18)26-22(30)6-3-13-28-24(31)20-4-2-5-21(29(33)34)23(20)25(28)32/h2,4-5,7-10,17H,3,6,11-16H2,1H3,(H,26,30). The second-order valence-corrected chi connectivity index (χ2v) is 9.03. The zero-order valence-corrected chi connectivity index (χ0v) is 19.2. The van der Waals surface area contributed by atoms with Crippen molar-refractivity contribution in [2.24, 2.45) is 5.92 Å². The van der Waals surface area contributed by atoms with Crippen molar-refractivity contribution in [3.05, 3.63) is 69.3 Å². The van der Waals surface area contributed by atoms with E-state index in [1.807, 2.05) is 24.3 Å². The Morgan fingerprint density at radius 1 is 1.09 bits per heavy atom. The highest BCUT2D eigenvalue weighted by Gasteiger charge is 2.40. The average molecular weight is 465 g/mol. The highest BCUT2D eigenvalue weighted by Crippen LogP contribution is 2.30. The van der Waals surface area contributed by atoms with Crippen LogP contribution in [0.1, 0.15) is 58.9 Å². The van der Waals surface area contributed by atoms with Gasteiger partial charge in [-0.05, 0) is 62.0 Å². The van der Waals surface area contributed by atoms with E-state index in [0.717, 1.165) is 30.5 Å². The molecule has 4 rings (SSSR count). The number of benzene rings is 2. The molecule has 1 fully saturated rings. The van der Waals surface area contributed by atoms with Gasteiger partial charge in [-0.2, -0.15) is 0 Å². The van der Waals surface area contributed by atoms with Crippen LogP contribution in [-0.2, 0) is 11.3 Å². The number of carbonyl (C=O) groups excluding carboxylic acids is 3. The zero-order chi connectivity index (χ0) is 24.2. The van der Waals surface area contributed by atoms with Gasteiger partial charge in [0.15, 0.2) is 0 Å². The number of fused-ring (bicyclic) bond motifs is 1. The number of nitrogens with one attached hydrogen (secondary N) is 1. The molecule has 1 N–H and O–H groups in total. The van der Waals surface area contributed by atoms with Crippen LogP contribution >= 0.6 is 0 Å². The minimum absolute atomic E-state index is 0.0182. The maximum absolute atomic E-state index is 12.6. The highest BCUT2D eigenvalue weighted by atomic mass is 16.6. The zero-order valence-electron chi connectivity index (χ0n) is 19.2. The molecule has 0 unspecified atom stereocenters. The summed E-state index contributed by atoms with van der Waals surface area (Å²) in [5, 5.41) is 14.0. The molecule has 2 aliphatic rings. The summed E-state index contributed by atoms with van der Waals surface area (Å²) in [6.07, 6.45) is 2.83. The molecule has 2 aliphatic heterocycles. The third-order valence-corrected chi connectivity index (χ3v) is 6.48. The Balaban J connectivity index is 1.25. The molecule has 0 aliphatic carbocycles. The Hall–Kier alpha value is -3.59. The van der Waals surface area contributed by atoms with Crippen molar-refractivity contribution >= 4 is 29.1 Å². The molecular formula is C25H28N4O5. The first-order chi connectivity index (χ1) is 16.3. The van der Waals surface area contributed by atoms with Gasteiger partial charge in [-0.1, -0.05) is 25.1 Å². The van der Waals surface area contributed by atoms with E-state index in [9.17, 15) is 24.5 Å². The van der Waals surface area contributed by atoms with Gasteiger partial charge in [0.1, 0.15) is 5.56 Å². The lowest BCUT2D eigenvalue weighted by molar-refractivity contribution is -0.385. The number of imide groups is 1. The van der Waals surface area contributed by atoms with Gasteiger partial charge in [-0.25, -0.2) is 0 Å². The molecule has 2 aromatic carbocycles. The Labute approximate surface area is 197 Å². The Kier molecular flexibility index (Phi) is 7.02. The number of nitro groups is 1. The molecule has 0 spiro atoms. The number of hydrogen-bond donors (Lipinski definition) is 1. The highest BCUT2D eigenvalue weighted by molar-refractivity contribution is 6.23. The van der Waals surface area contributed by atoms with Gasteiger partial charge in [0.05, 0.1) is 10.5 Å². The summed E-state index contributed by atoms with van der Waals surface area (Å²) in [7, 11) is 0. The molecule has 0 radical (unpaired) electrons. The fourth-order valence-corrected chi connectivity index (χ4v) is 4.46. The molecule has 9 nitrogen and oxygen atoms in total. The van der Waals surface area contributed by atoms with Crippen molar-refractivity contribution in [3.63, 3.8) is 0 Å². The molecule has 0 aromatic heterocycles. The van der Waals surface area contributed by atoms with Crippen LogP contribution in [0.3, 0.4) is 0 Å². The summed E-state index contributed by atoms with van der Waals surface area (Å²) in [4.78, 5) is 51.4.